The highest BCUT2D eigenvalue weighted by Gasteiger charge is 2.25. The Bertz CT molecular complexity index is 407. The molecule has 1 atom stereocenters. The van der Waals surface area contributed by atoms with Crippen LogP contribution in [0.5, 0.6) is 0 Å². The molecule has 0 aromatic carbocycles. The number of nitrogens with two attached hydrogens (primary N) is 1. The average molecular weight is 287 g/mol. The summed E-state index contributed by atoms with van der Waals surface area (Å²) in [6.07, 6.45) is 4.68. The zero-order valence-electron chi connectivity index (χ0n) is 10.4. The number of rotatable bonds is 4. The Morgan fingerprint density at radius 3 is 3.00 bits per heavy atom. The number of halogens is 1. The molecule has 1 aromatic rings. The minimum atomic E-state index is 0.231. The summed E-state index contributed by atoms with van der Waals surface area (Å²) in [5.41, 5.74) is 5.73. The molecule has 0 saturated carbocycles. The van der Waals surface area contributed by atoms with Crippen LogP contribution in [0.25, 0.3) is 0 Å². The van der Waals surface area contributed by atoms with Crippen LogP contribution < -0.4 is 5.73 Å². The van der Waals surface area contributed by atoms with Crippen molar-refractivity contribution in [2.75, 3.05) is 13.1 Å². The van der Waals surface area contributed by atoms with Crippen LogP contribution in [0.1, 0.15) is 30.6 Å². The molecule has 18 heavy (non-hydrogen) atoms. The molecule has 100 valence electrons. The van der Waals surface area contributed by atoms with Crippen LogP contribution in [-0.4, -0.2) is 29.9 Å². The number of carbonyl (C=O) groups is 1. The maximum absolute atomic E-state index is 12.2. The molecule has 1 saturated heterocycles. The highest BCUT2D eigenvalue weighted by atomic mass is 35.5. The van der Waals surface area contributed by atoms with Crippen molar-refractivity contribution in [2.24, 2.45) is 5.73 Å². The number of nitrogens with zero attached hydrogens (tertiary/aromatic N) is 1. The van der Waals surface area contributed by atoms with Gasteiger partial charge in [-0.15, -0.1) is 11.3 Å². The van der Waals surface area contributed by atoms with E-state index in [1.807, 2.05) is 17.0 Å². The summed E-state index contributed by atoms with van der Waals surface area (Å²) in [4.78, 5) is 15.3. The van der Waals surface area contributed by atoms with Gasteiger partial charge in [-0.1, -0.05) is 11.6 Å². The standard InChI is InChI=1S/C13H19ClN2OS/c14-12-6-4-11(18-12)5-7-13(17)16-8-2-1-3-10(16)9-15/h4,6,10H,1-3,5,7-9,15H2. The van der Waals surface area contributed by atoms with Crippen molar-refractivity contribution in [1.29, 1.82) is 0 Å². The van der Waals surface area contributed by atoms with Crippen LogP contribution in [-0.2, 0) is 11.2 Å². The fourth-order valence-corrected chi connectivity index (χ4v) is 3.52. The van der Waals surface area contributed by atoms with E-state index < -0.39 is 0 Å². The van der Waals surface area contributed by atoms with Crippen molar-refractivity contribution in [3.8, 4) is 0 Å². The smallest absolute Gasteiger partial charge is 0.223 e. The van der Waals surface area contributed by atoms with Gasteiger partial charge in [0.2, 0.25) is 5.91 Å². The van der Waals surface area contributed by atoms with Crippen LogP contribution in [0.4, 0.5) is 0 Å². The largest absolute Gasteiger partial charge is 0.338 e. The lowest BCUT2D eigenvalue weighted by molar-refractivity contribution is -0.134. The van der Waals surface area contributed by atoms with E-state index in [2.05, 4.69) is 0 Å². The van der Waals surface area contributed by atoms with Gasteiger partial charge >= 0.3 is 0 Å². The maximum Gasteiger partial charge on any atom is 0.223 e. The lowest BCUT2D eigenvalue weighted by Gasteiger charge is -2.35. The lowest BCUT2D eigenvalue weighted by Crippen LogP contribution is -2.47. The van der Waals surface area contributed by atoms with Crippen LogP contribution >= 0.6 is 22.9 Å². The van der Waals surface area contributed by atoms with E-state index >= 15 is 0 Å². The summed E-state index contributed by atoms with van der Waals surface area (Å²) in [6.45, 7) is 1.45. The number of piperidine rings is 1. The Hall–Kier alpha value is -0.580. The molecule has 3 nitrogen and oxygen atoms in total. The van der Waals surface area contributed by atoms with Gasteiger partial charge in [-0.3, -0.25) is 4.79 Å². The molecule has 2 heterocycles. The monoisotopic (exact) mass is 286 g/mol. The normalized spacial score (nSPS) is 20.1. The van der Waals surface area contributed by atoms with E-state index in [-0.39, 0.29) is 11.9 Å². The Morgan fingerprint density at radius 1 is 1.50 bits per heavy atom. The SMILES string of the molecule is NCC1CCCCN1C(=O)CCc1ccc(Cl)s1. The van der Waals surface area contributed by atoms with Gasteiger partial charge in [0.15, 0.2) is 0 Å². The first-order chi connectivity index (χ1) is 8.70. The molecule has 1 amide bonds. The number of amides is 1. The van der Waals surface area contributed by atoms with E-state index in [1.54, 1.807) is 11.3 Å². The third kappa shape index (κ3) is 3.46. The zero-order valence-corrected chi connectivity index (χ0v) is 12.0. The molecular formula is C13H19ClN2OS. The van der Waals surface area contributed by atoms with Gasteiger partial charge < -0.3 is 10.6 Å². The van der Waals surface area contributed by atoms with Gasteiger partial charge in [0.1, 0.15) is 0 Å². The highest BCUT2D eigenvalue weighted by molar-refractivity contribution is 7.16. The summed E-state index contributed by atoms with van der Waals surface area (Å²) in [7, 11) is 0. The summed E-state index contributed by atoms with van der Waals surface area (Å²) in [6, 6.07) is 4.13. The second-order valence-corrected chi connectivity index (χ2v) is 6.48. The number of likely N-dealkylation sites (tertiary alicyclic amines) is 1. The van der Waals surface area contributed by atoms with Gasteiger partial charge in [0.05, 0.1) is 4.34 Å². The number of thiophene rings is 1. The molecule has 0 bridgehead atoms. The highest BCUT2D eigenvalue weighted by Crippen LogP contribution is 2.23. The molecule has 2 N–H and O–H groups in total. The van der Waals surface area contributed by atoms with E-state index in [0.29, 0.717) is 13.0 Å². The molecule has 1 aliphatic heterocycles. The Morgan fingerprint density at radius 2 is 2.33 bits per heavy atom. The number of aryl methyl sites for hydroxylation is 1. The van der Waals surface area contributed by atoms with Crippen LogP contribution in [0.3, 0.4) is 0 Å². The van der Waals surface area contributed by atoms with Gasteiger partial charge in [0.25, 0.3) is 0 Å². The van der Waals surface area contributed by atoms with E-state index in [0.717, 1.165) is 30.1 Å². The molecular weight excluding hydrogens is 268 g/mol. The van der Waals surface area contributed by atoms with Crippen LogP contribution in [0.15, 0.2) is 12.1 Å². The van der Waals surface area contributed by atoms with E-state index in [4.69, 9.17) is 17.3 Å². The predicted molar refractivity (Wildman–Crippen MR) is 76.1 cm³/mol. The Balaban J connectivity index is 1.86. The van der Waals surface area contributed by atoms with Crippen molar-refractivity contribution >= 4 is 28.8 Å². The quantitative estimate of drug-likeness (QED) is 0.925. The maximum atomic E-state index is 12.2. The van der Waals surface area contributed by atoms with Gasteiger partial charge in [-0.2, -0.15) is 0 Å². The molecule has 0 aliphatic carbocycles. The predicted octanol–water partition coefficient (Wildman–Crippen LogP) is 2.67. The first kappa shape index (κ1) is 13.8. The van der Waals surface area contributed by atoms with Gasteiger partial charge in [-0.25, -0.2) is 0 Å². The molecule has 1 fully saturated rings. The minimum absolute atomic E-state index is 0.231. The van der Waals surface area contributed by atoms with Crippen molar-refractivity contribution in [1.82, 2.24) is 4.90 Å². The summed E-state index contributed by atoms with van der Waals surface area (Å²) in [5.74, 6) is 0.231. The van der Waals surface area contributed by atoms with Crippen molar-refractivity contribution < 1.29 is 4.79 Å². The molecule has 0 radical (unpaired) electrons. The Labute approximate surface area is 117 Å². The minimum Gasteiger partial charge on any atom is -0.338 e. The fraction of sp³-hybridized carbons (Fsp3) is 0.615. The van der Waals surface area contributed by atoms with Crippen molar-refractivity contribution in [3.63, 3.8) is 0 Å². The topological polar surface area (TPSA) is 46.3 Å². The van der Waals surface area contributed by atoms with Crippen LogP contribution in [0.2, 0.25) is 4.34 Å². The third-order valence-corrected chi connectivity index (χ3v) is 4.72. The zero-order chi connectivity index (χ0) is 13.0. The van der Waals surface area contributed by atoms with E-state index in [9.17, 15) is 4.79 Å². The second kappa shape index (κ2) is 6.55. The summed E-state index contributed by atoms with van der Waals surface area (Å²) in [5, 5.41) is 0. The molecule has 1 aliphatic rings. The molecule has 5 heteroatoms. The average Bonchev–Trinajstić information content (AvgIpc) is 2.81. The molecule has 2 rings (SSSR count). The second-order valence-electron chi connectivity index (χ2n) is 4.68. The van der Waals surface area contributed by atoms with E-state index in [1.165, 1.54) is 11.3 Å². The Kier molecular flexibility index (Phi) is 5.03. The summed E-state index contributed by atoms with van der Waals surface area (Å²) >= 11 is 7.43. The molecule has 0 spiro atoms. The molecule has 1 aromatic heterocycles. The first-order valence-corrected chi connectivity index (χ1v) is 7.64. The van der Waals surface area contributed by atoms with Gasteiger partial charge in [-0.05, 0) is 37.8 Å². The number of carbonyl (C=O) groups excluding carboxylic acids is 1. The first-order valence-electron chi connectivity index (χ1n) is 6.44. The number of hydrogen-bond donors (Lipinski definition) is 1. The summed E-state index contributed by atoms with van der Waals surface area (Å²) < 4.78 is 0.787. The van der Waals surface area contributed by atoms with Crippen molar-refractivity contribution in [2.45, 2.75) is 38.1 Å². The molecule has 1 unspecified atom stereocenters. The number of hydrogen-bond acceptors (Lipinski definition) is 3. The third-order valence-electron chi connectivity index (χ3n) is 3.43. The lowest BCUT2D eigenvalue weighted by atomic mass is 10.0. The van der Waals surface area contributed by atoms with Crippen molar-refractivity contribution in [3.05, 3.63) is 21.3 Å². The fourth-order valence-electron chi connectivity index (χ4n) is 2.43. The van der Waals surface area contributed by atoms with Crippen LogP contribution in [0, 0.1) is 0 Å². The van der Waals surface area contributed by atoms with Gasteiger partial charge in [0, 0.05) is 30.4 Å².